The van der Waals surface area contributed by atoms with Gasteiger partial charge in [0.05, 0.1) is 0 Å². The monoisotopic (exact) mass is 116 g/mol. The van der Waals surface area contributed by atoms with Crippen LogP contribution < -0.4 is 37.7 Å². The summed E-state index contributed by atoms with van der Waals surface area (Å²) in [7, 11) is 0. The predicted molar refractivity (Wildman–Crippen MR) is 6.44 cm³/mol. The zero-order valence-corrected chi connectivity index (χ0v) is 5.51. The third kappa shape index (κ3) is 22.6. The van der Waals surface area contributed by atoms with E-state index in [1.54, 1.807) is 0 Å². The van der Waals surface area contributed by atoms with E-state index in [2.05, 4.69) is 0 Å². The molecule has 0 unspecified atom stereocenters. The van der Waals surface area contributed by atoms with Crippen molar-refractivity contribution < 1.29 is 60.0 Å². The van der Waals surface area contributed by atoms with E-state index in [1.807, 2.05) is 0 Å². The van der Waals surface area contributed by atoms with Crippen LogP contribution in [0, 0.1) is 0 Å². The number of hydrogen-bond donors (Lipinski definition) is 0. The Kier molecular flexibility index (Phi) is 398. The summed E-state index contributed by atoms with van der Waals surface area (Å²) in [5.41, 5.74) is 0. The van der Waals surface area contributed by atoms with Crippen LogP contribution >= 0.6 is 0 Å². The average Bonchev–Trinajstić information content (AvgIpc) is 0. The molecule has 0 N–H and O–H groups in total. The van der Waals surface area contributed by atoms with Crippen LogP contribution in [0.5, 0.6) is 0 Å². The molecular weight excluding hydrogens is 116 g/mol. The van der Waals surface area contributed by atoms with Gasteiger partial charge in [-0.1, -0.05) is 0 Å². The molecule has 5 heteroatoms. The van der Waals surface area contributed by atoms with Gasteiger partial charge >= 0.3 is 71.9 Å². The van der Waals surface area contributed by atoms with Crippen molar-refractivity contribution in [1.29, 1.82) is 0 Å². The first-order valence-corrected chi connectivity index (χ1v) is 0. The summed E-state index contributed by atoms with van der Waals surface area (Å²) in [5, 5.41) is 0. The minimum absolute atomic E-state index is 0. The fourth-order valence-corrected chi connectivity index (χ4v) is 0. The smallest absolute Gasteiger partial charge is 2.00 e. The maximum Gasteiger partial charge on any atom is 3.00 e. The molecule has 0 aliphatic rings. The van der Waals surface area contributed by atoms with Crippen LogP contribution in [0.4, 0.5) is 0 Å². The molecule has 0 aromatic carbocycles. The Labute approximate surface area is 76.6 Å². The van der Waals surface area contributed by atoms with Gasteiger partial charge in [0, 0.05) is 0 Å². The Hall–Kier alpha value is 2.19. The second-order valence-corrected chi connectivity index (χ2v) is 0. The van der Waals surface area contributed by atoms with Crippen molar-refractivity contribution in [3.8, 4) is 0 Å². The number of rotatable bonds is 0. The molecule has 0 amide bonds. The van der Waals surface area contributed by atoms with Crippen LogP contribution in [0.15, 0.2) is 0 Å². The van der Waals surface area contributed by atoms with Crippen molar-refractivity contribution in [1.82, 2.24) is 0 Å². The molecule has 0 aromatic rings. The number of hydrogen-bond acceptors (Lipinski definition) is 0. The molecule has 5 heavy (non-hydrogen) atoms. The summed E-state index contributed by atoms with van der Waals surface area (Å²) in [4.78, 5) is 0. The average molecular weight is 116 g/mol. The van der Waals surface area contributed by atoms with E-state index in [9.17, 15) is 0 Å². The molecule has 0 saturated heterocycles. The van der Waals surface area contributed by atoms with Crippen LogP contribution in [0.3, 0.4) is 0 Å². The summed E-state index contributed by atoms with van der Waals surface area (Å²) in [5.74, 6) is 0. The Morgan fingerprint density at radius 1 is 0.800 bits per heavy atom. The zero-order valence-electron chi connectivity index (χ0n) is 3.32. The third-order valence-electron chi connectivity index (χ3n) is 0. The van der Waals surface area contributed by atoms with Crippen LogP contribution in [0.2, 0.25) is 0 Å². The van der Waals surface area contributed by atoms with Gasteiger partial charge in [-0.3, -0.25) is 0 Å². The van der Waals surface area contributed by atoms with Gasteiger partial charge in [-0.25, -0.2) is 0 Å². The van der Waals surface area contributed by atoms with Crippen LogP contribution in [0.25, 0.3) is 0 Å². The minimum atomic E-state index is 0. The van der Waals surface area contributed by atoms with Crippen LogP contribution in [-0.4, -0.2) is 17.4 Å². The Morgan fingerprint density at radius 3 is 0.800 bits per heavy atom. The fourth-order valence-electron chi connectivity index (χ4n) is 0. The van der Waals surface area contributed by atoms with E-state index < -0.39 is 0 Å². The van der Waals surface area contributed by atoms with Crippen molar-refractivity contribution >= 4 is 17.4 Å². The van der Waals surface area contributed by atoms with E-state index in [1.165, 1.54) is 0 Å². The molecule has 0 spiro atoms. The van der Waals surface area contributed by atoms with Gasteiger partial charge in [-0.05, 0) is 0 Å². The predicted octanol–water partition coefficient (Wildman–Crippen LogP) is -6.49. The summed E-state index contributed by atoms with van der Waals surface area (Å²) in [6.07, 6.45) is 0. The first kappa shape index (κ1) is 57.3. The maximum atomic E-state index is 0. The van der Waals surface area contributed by atoms with Gasteiger partial charge < -0.3 is 5.48 Å². The molecular formula is AlCoLi2O+5. The largest absolute Gasteiger partial charge is 3.00 e. The molecule has 1 nitrogen and oxygen atoms in total. The van der Waals surface area contributed by atoms with E-state index in [0.717, 1.165) is 0 Å². The maximum absolute atomic E-state index is 0. The van der Waals surface area contributed by atoms with Crippen molar-refractivity contribution in [2.24, 2.45) is 0 Å². The van der Waals surface area contributed by atoms with Crippen LogP contribution in [0.1, 0.15) is 0 Å². The summed E-state index contributed by atoms with van der Waals surface area (Å²) >= 11 is 0. The molecule has 0 atom stereocenters. The van der Waals surface area contributed by atoms with E-state index in [0.29, 0.717) is 0 Å². The zero-order chi connectivity index (χ0) is 0. The molecule has 15 valence electrons. The normalized spacial score (nSPS) is 0. The van der Waals surface area contributed by atoms with E-state index in [-0.39, 0.29) is 77.3 Å². The van der Waals surface area contributed by atoms with Crippen molar-refractivity contribution in [3.05, 3.63) is 0 Å². The Morgan fingerprint density at radius 2 is 0.800 bits per heavy atom. The second-order valence-electron chi connectivity index (χ2n) is 0. The summed E-state index contributed by atoms with van der Waals surface area (Å²) < 4.78 is 0. The van der Waals surface area contributed by atoms with E-state index in [4.69, 9.17) is 0 Å². The molecule has 0 heterocycles. The quantitative estimate of drug-likeness (QED) is 0.281. The first-order valence-electron chi connectivity index (χ1n) is 0. The van der Waals surface area contributed by atoms with Gasteiger partial charge in [0.2, 0.25) is 0 Å². The minimum Gasteiger partial charge on any atom is -2.00 e. The van der Waals surface area contributed by atoms with Gasteiger partial charge in [0.15, 0.2) is 0 Å². The SMILES string of the molecule is [Al+3].[Co+2].[Li+].[Li+].[O-2]. The fraction of sp³-hybridized carbons (Fsp3) is 0. The molecule has 0 bridgehead atoms. The molecule has 1 radical (unpaired) electrons. The van der Waals surface area contributed by atoms with Crippen molar-refractivity contribution in [3.63, 3.8) is 0 Å². The second kappa shape index (κ2) is 34.7. The standard InChI is InChI=1S/Al.Co.2Li.O/q+3;+2;2*+1;-2. The van der Waals surface area contributed by atoms with Gasteiger partial charge in [-0.2, -0.15) is 0 Å². The van der Waals surface area contributed by atoms with E-state index >= 15 is 0 Å². The molecule has 0 aliphatic heterocycles. The van der Waals surface area contributed by atoms with Gasteiger partial charge in [-0.15, -0.1) is 0 Å². The Balaban J connectivity index is 0. The molecule has 0 fully saturated rings. The van der Waals surface area contributed by atoms with Gasteiger partial charge in [0.25, 0.3) is 0 Å². The topological polar surface area (TPSA) is 28.5 Å². The first-order chi connectivity index (χ1) is 0. The molecule has 0 aromatic heterocycles. The summed E-state index contributed by atoms with van der Waals surface area (Å²) in [6.45, 7) is 0. The molecule has 0 rings (SSSR count). The molecule has 0 saturated carbocycles. The van der Waals surface area contributed by atoms with Crippen molar-refractivity contribution in [2.75, 3.05) is 0 Å². The summed E-state index contributed by atoms with van der Waals surface area (Å²) in [6, 6.07) is 0. The third-order valence-corrected chi connectivity index (χ3v) is 0. The van der Waals surface area contributed by atoms with Crippen LogP contribution in [-0.2, 0) is 22.3 Å². The molecule has 0 aliphatic carbocycles. The van der Waals surface area contributed by atoms with Crippen molar-refractivity contribution in [2.45, 2.75) is 0 Å². The van der Waals surface area contributed by atoms with Gasteiger partial charge in [0.1, 0.15) is 0 Å². The Bertz CT molecular complexity index is 9.61.